The molecule has 4 nitrogen and oxygen atoms in total. The molecule has 1 saturated carbocycles. The van der Waals surface area contributed by atoms with Crippen molar-refractivity contribution < 1.29 is 23.1 Å². The van der Waals surface area contributed by atoms with E-state index in [1.54, 1.807) is 17.0 Å². The Kier molecular flexibility index (Phi) is 5.59. The zero-order chi connectivity index (χ0) is 21.5. The molecule has 0 aromatic heterocycles. The van der Waals surface area contributed by atoms with Crippen molar-refractivity contribution in [1.82, 2.24) is 4.90 Å². The van der Waals surface area contributed by atoms with E-state index in [2.05, 4.69) is 0 Å². The van der Waals surface area contributed by atoms with Crippen LogP contribution in [-0.4, -0.2) is 41.1 Å². The summed E-state index contributed by atoms with van der Waals surface area (Å²) in [7, 11) is 0. The average molecular weight is 418 g/mol. The molecule has 1 amide bonds. The van der Waals surface area contributed by atoms with E-state index in [4.69, 9.17) is 5.73 Å². The van der Waals surface area contributed by atoms with Gasteiger partial charge in [0, 0.05) is 24.2 Å². The summed E-state index contributed by atoms with van der Waals surface area (Å²) in [5, 5.41) is 9.76. The first-order valence-corrected chi connectivity index (χ1v) is 10.3. The first kappa shape index (κ1) is 20.9. The summed E-state index contributed by atoms with van der Waals surface area (Å²) < 4.78 is 42.5. The molecule has 2 unspecified atom stereocenters. The lowest BCUT2D eigenvalue weighted by atomic mass is 9.68. The van der Waals surface area contributed by atoms with Gasteiger partial charge in [-0.1, -0.05) is 24.6 Å². The second-order valence-corrected chi connectivity index (χ2v) is 8.45. The number of likely N-dealkylation sites (tertiary alicyclic amines) is 1. The standard InChI is InChI=1S/C23H25F3N2O2/c24-16-9-15(10-17(25)12-16)18-4-1-3-14(21(18)26)11-20-19(27)5-8-28(20)22(30)23(13-29)6-2-7-23/h1,3-4,9-10,12,19-20,29H,2,5-8,11,13,27H2. The van der Waals surface area contributed by atoms with Crippen molar-refractivity contribution in [3.63, 3.8) is 0 Å². The SMILES string of the molecule is NC1CCN(C(=O)C2(CO)CCC2)C1Cc1cccc(-c2cc(F)cc(F)c2)c1F. The van der Waals surface area contributed by atoms with Crippen LogP contribution in [0.5, 0.6) is 0 Å². The molecule has 1 aliphatic carbocycles. The fourth-order valence-corrected chi connectivity index (χ4v) is 4.63. The van der Waals surface area contributed by atoms with Crippen molar-refractivity contribution in [3.05, 3.63) is 59.4 Å². The Morgan fingerprint density at radius 3 is 2.47 bits per heavy atom. The highest BCUT2D eigenvalue weighted by Gasteiger charge is 2.49. The van der Waals surface area contributed by atoms with Crippen molar-refractivity contribution in [1.29, 1.82) is 0 Å². The van der Waals surface area contributed by atoms with Gasteiger partial charge in [-0.3, -0.25) is 4.79 Å². The van der Waals surface area contributed by atoms with Gasteiger partial charge >= 0.3 is 0 Å². The molecule has 1 heterocycles. The largest absolute Gasteiger partial charge is 0.395 e. The maximum absolute atomic E-state index is 15.3. The van der Waals surface area contributed by atoms with E-state index < -0.39 is 28.9 Å². The minimum absolute atomic E-state index is 0.0983. The van der Waals surface area contributed by atoms with E-state index >= 15 is 4.39 Å². The third kappa shape index (κ3) is 3.61. The molecular formula is C23H25F3N2O2. The third-order valence-electron chi connectivity index (χ3n) is 6.61. The molecule has 1 aliphatic heterocycles. The first-order chi connectivity index (χ1) is 14.3. The van der Waals surface area contributed by atoms with Gasteiger partial charge in [0.15, 0.2) is 0 Å². The summed E-state index contributed by atoms with van der Waals surface area (Å²) in [5.41, 5.74) is 6.08. The number of carbonyl (C=O) groups excluding carboxylic acids is 1. The van der Waals surface area contributed by atoms with Gasteiger partial charge in [-0.2, -0.15) is 0 Å². The van der Waals surface area contributed by atoms with E-state index in [0.29, 0.717) is 31.4 Å². The van der Waals surface area contributed by atoms with Crippen LogP contribution >= 0.6 is 0 Å². The number of rotatable bonds is 5. The molecule has 30 heavy (non-hydrogen) atoms. The van der Waals surface area contributed by atoms with Crippen LogP contribution < -0.4 is 5.73 Å². The highest BCUT2D eigenvalue weighted by Crippen LogP contribution is 2.43. The smallest absolute Gasteiger partial charge is 0.231 e. The van der Waals surface area contributed by atoms with Crippen LogP contribution in [0.15, 0.2) is 36.4 Å². The van der Waals surface area contributed by atoms with Crippen molar-refractivity contribution >= 4 is 5.91 Å². The summed E-state index contributed by atoms with van der Waals surface area (Å²) in [6.45, 7) is 0.280. The normalized spacial score (nSPS) is 22.8. The monoisotopic (exact) mass is 418 g/mol. The molecule has 160 valence electrons. The van der Waals surface area contributed by atoms with Crippen molar-refractivity contribution in [2.75, 3.05) is 13.2 Å². The van der Waals surface area contributed by atoms with E-state index in [0.717, 1.165) is 24.6 Å². The van der Waals surface area contributed by atoms with Gasteiger partial charge in [-0.05, 0) is 48.9 Å². The summed E-state index contributed by atoms with van der Waals surface area (Å²) in [6, 6.07) is 6.92. The van der Waals surface area contributed by atoms with Gasteiger partial charge in [0.25, 0.3) is 0 Å². The fraction of sp³-hybridized carbons (Fsp3) is 0.435. The lowest BCUT2D eigenvalue weighted by Crippen LogP contribution is -2.54. The van der Waals surface area contributed by atoms with Gasteiger partial charge < -0.3 is 15.7 Å². The number of halogens is 3. The topological polar surface area (TPSA) is 66.6 Å². The quantitative estimate of drug-likeness (QED) is 0.782. The van der Waals surface area contributed by atoms with E-state index in [1.165, 1.54) is 6.07 Å². The number of hydrogen-bond acceptors (Lipinski definition) is 3. The minimum atomic E-state index is -0.779. The Labute approximate surface area is 173 Å². The summed E-state index contributed by atoms with van der Waals surface area (Å²) in [4.78, 5) is 14.8. The first-order valence-electron chi connectivity index (χ1n) is 10.3. The zero-order valence-corrected chi connectivity index (χ0v) is 16.6. The number of benzene rings is 2. The molecule has 2 aromatic carbocycles. The number of amides is 1. The number of aliphatic hydroxyl groups is 1. The number of nitrogens with zero attached hydrogens (tertiary/aromatic N) is 1. The molecule has 7 heteroatoms. The van der Waals surface area contributed by atoms with Crippen molar-refractivity contribution in [3.8, 4) is 11.1 Å². The summed E-state index contributed by atoms with van der Waals surface area (Å²) >= 11 is 0. The van der Waals surface area contributed by atoms with Gasteiger partial charge in [0.05, 0.1) is 18.1 Å². The highest BCUT2D eigenvalue weighted by molar-refractivity contribution is 5.84. The second-order valence-electron chi connectivity index (χ2n) is 8.45. The van der Waals surface area contributed by atoms with Crippen LogP contribution in [0, 0.1) is 22.9 Å². The molecule has 4 rings (SSSR count). The van der Waals surface area contributed by atoms with Crippen LogP contribution in [0.4, 0.5) is 13.2 Å². The van der Waals surface area contributed by atoms with Crippen LogP contribution in [0.2, 0.25) is 0 Å². The van der Waals surface area contributed by atoms with Gasteiger partial charge in [-0.25, -0.2) is 13.2 Å². The predicted octanol–water partition coefficient (Wildman–Crippen LogP) is 3.40. The number of hydrogen-bond donors (Lipinski definition) is 2. The van der Waals surface area contributed by atoms with Gasteiger partial charge in [0.1, 0.15) is 17.5 Å². The Morgan fingerprint density at radius 1 is 1.17 bits per heavy atom. The second kappa shape index (κ2) is 8.04. The predicted molar refractivity (Wildman–Crippen MR) is 107 cm³/mol. The van der Waals surface area contributed by atoms with Crippen LogP contribution in [0.1, 0.15) is 31.2 Å². The van der Waals surface area contributed by atoms with E-state index in [1.807, 2.05) is 0 Å². The molecule has 2 atom stereocenters. The summed E-state index contributed by atoms with van der Waals surface area (Å²) in [6.07, 6.45) is 3.00. The van der Waals surface area contributed by atoms with Gasteiger partial charge in [0.2, 0.25) is 5.91 Å². The average Bonchev–Trinajstić information content (AvgIpc) is 3.02. The zero-order valence-electron chi connectivity index (χ0n) is 16.6. The molecular weight excluding hydrogens is 393 g/mol. The highest BCUT2D eigenvalue weighted by atomic mass is 19.1. The van der Waals surface area contributed by atoms with Crippen LogP contribution in [0.3, 0.4) is 0 Å². The molecule has 0 bridgehead atoms. The molecule has 2 fully saturated rings. The van der Waals surface area contributed by atoms with Crippen LogP contribution in [0.25, 0.3) is 11.1 Å². The molecule has 2 aromatic rings. The minimum Gasteiger partial charge on any atom is -0.395 e. The summed E-state index contributed by atoms with van der Waals surface area (Å²) in [5.74, 6) is -2.24. The Hall–Kier alpha value is -2.38. The number of carbonyl (C=O) groups is 1. The molecule has 2 aliphatic rings. The van der Waals surface area contributed by atoms with E-state index in [9.17, 15) is 18.7 Å². The maximum Gasteiger partial charge on any atom is 0.231 e. The van der Waals surface area contributed by atoms with E-state index in [-0.39, 0.29) is 36.1 Å². The lowest BCUT2D eigenvalue weighted by molar-refractivity contribution is -0.152. The van der Waals surface area contributed by atoms with Crippen molar-refractivity contribution in [2.24, 2.45) is 11.1 Å². The fourth-order valence-electron chi connectivity index (χ4n) is 4.63. The third-order valence-corrected chi connectivity index (χ3v) is 6.61. The lowest BCUT2D eigenvalue weighted by Gasteiger charge is -2.43. The number of aliphatic hydroxyl groups excluding tert-OH is 1. The van der Waals surface area contributed by atoms with Gasteiger partial charge in [-0.15, -0.1) is 0 Å². The number of nitrogens with two attached hydrogens (primary N) is 1. The molecule has 0 radical (unpaired) electrons. The van der Waals surface area contributed by atoms with Crippen molar-refractivity contribution in [2.45, 2.75) is 44.2 Å². The maximum atomic E-state index is 15.3. The Balaban J connectivity index is 1.62. The molecule has 3 N–H and O–H groups in total. The van der Waals surface area contributed by atoms with Crippen LogP contribution in [-0.2, 0) is 11.2 Å². The Bertz CT molecular complexity index is 936. The molecule has 1 saturated heterocycles. The molecule has 0 spiro atoms. The Morgan fingerprint density at radius 2 is 1.87 bits per heavy atom.